The Balaban J connectivity index is 2.09. The van der Waals surface area contributed by atoms with Gasteiger partial charge in [0.15, 0.2) is 0 Å². The summed E-state index contributed by atoms with van der Waals surface area (Å²) in [5.74, 6) is 0. The highest BCUT2D eigenvalue weighted by Gasteiger charge is 2.21. The Morgan fingerprint density at radius 1 is 1.13 bits per heavy atom. The van der Waals surface area contributed by atoms with E-state index in [1.807, 2.05) is 25.1 Å². The minimum Gasteiger partial charge on any atom is -0.388 e. The van der Waals surface area contributed by atoms with Crippen molar-refractivity contribution in [3.63, 3.8) is 0 Å². The fraction of sp³-hybridized carbons (Fsp3) is 0.222. The standard InChI is InChI=1S/C18H21NO3S/c1-3-16(13-18(20)15-7-5-4-6-8-15)19-23(21,22)17-11-9-14(2)10-12-17/h3-12,16,18-20H,1,13H2,2H3/t16-,18-/m1/s1. The van der Waals surface area contributed by atoms with Crippen LogP contribution in [0.3, 0.4) is 0 Å². The van der Waals surface area contributed by atoms with Crippen LogP contribution in [0.25, 0.3) is 0 Å². The summed E-state index contributed by atoms with van der Waals surface area (Å²) in [5, 5.41) is 10.2. The van der Waals surface area contributed by atoms with Gasteiger partial charge in [-0.1, -0.05) is 54.1 Å². The van der Waals surface area contributed by atoms with Gasteiger partial charge in [-0.2, -0.15) is 0 Å². The van der Waals surface area contributed by atoms with Gasteiger partial charge in [-0.05, 0) is 31.0 Å². The molecular weight excluding hydrogens is 310 g/mol. The van der Waals surface area contributed by atoms with Gasteiger partial charge in [-0.15, -0.1) is 6.58 Å². The summed E-state index contributed by atoms with van der Waals surface area (Å²) < 4.78 is 27.4. The molecule has 0 saturated carbocycles. The molecular formula is C18H21NO3S. The third-order valence-electron chi connectivity index (χ3n) is 3.58. The molecule has 4 nitrogen and oxygen atoms in total. The van der Waals surface area contributed by atoms with Crippen molar-refractivity contribution in [2.45, 2.75) is 30.4 Å². The van der Waals surface area contributed by atoms with Gasteiger partial charge in [0.25, 0.3) is 0 Å². The molecule has 122 valence electrons. The van der Waals surface area contributed by atoms with Gasteiger partial charge < -0.3 is 5.11 Å². The molecule has 2 aromatic rings. The first-order chi connectivity index (χ1) is 10.9. The molecule has 0 aliphatic heterocycles. The maximum Gasteiger partial charge on any atom is 0.241 e. The van der Waals surface area contributed by atoms with E-state index < -0.39 is 22.2 Å². The number of rotatable bonds is 7. The van der Waals surface area contributed by atoms with Crippen molar-refractivity contribution in [2.24, 2.45) is 0 Å². The van der Waals surface area contributed by atoms with E-state index in [0.29, 0.717) is 0 Å². The van der Waals surface area contributed by atoms with Crippen molar-refractivity contribution in [1.82, 2.24) is 4.72 Å². The Morgan fingerprint density at radius 2 is 1.74 bits per heavy atom. The number of hydrogen-bond acceptors (Lipinski definition) is 3. The molecule has 0 spiro atoms. The number of hydrogen-bond donors (Lipinski definition) is 2. The molecule has 2 rings (SSSR count). The van der Waals surface area contributed by atoms with Crippen molar-refractivity contribution < 1.29 is 13.5 Å². The molecule has 23 heavy (non-hydrogen) atoms. The third kappa shape index (κ3) is 4.76. The average Bonchev–Trinajstić information content (AvgIpc) is 2.55. The van der Waals surface area contributed by atoms with Crippen molar-refractivity contribution in [1.29, 1.82) is 0 Å². The minimum atomic E-state index is -3.65. The van der Waals surface area contributed by atoms with E-state index in [2.05, 4.69) is 11.3 Å². The van der Waals surface area contributed by atoms with Crippen LogP contribution in [0.4, 0.5) is 0 Å². The average molecular weight is 331 g/mol. The summed E-state index contributed by atoms with van der Waals surface area (Å²) in [6.07, 6.45) is 0.955. The monoisotopic (exact) mass is 331 g/mol. The van der Waals surface area contributed by atoms with Gasteiger partial charge >= 0.3 is 0 Å². The molecule has 0 bridgehead atoms. The van der Waals surface area contributed by atoms with Gasteiger partial charge in [0.1, 0.15) is 0 Å². The van der Waals surface area contributed by atoms with Crippen LogP contribution in [-0.2, 0) is 10.0 Å². The maximum absolute atomic E-state index is 12.4. The molecule has 5 heteroatoms. The molecule has 0 radical (unpaired) electrons. The van der Waals surface area contributed by atoms with Gasteiger partial charge in [-0.25, -0.2) is 13.1 Å². The summed E-state index contributed by atoms with van der Waals surface area (Å²) in [6.45, 7) is 5.56. The molecule has 0 unspecified atom stereocenters. The Bertz CT molecular complexity index is 740. The second kappa shape index (κ2) is 7.55. The predicted octanol–water partition coefficient (Wildman–Crippen LogP) is 2.95. The van der Waals surface area contributed by atoms with Crippen molar-refractivity contribution in [3.8, 4) is 0 Å². The molecule has 2 atom stereocenters. The topological polar surface area (TPSA) is 66.4 Å². The predicted molar refractivity (Wildman–Crippen MR) is 91.5 cm³/mol. The lowest BCUT2D eigenvalue weighted by Gasteiger charge is -2.19. The smallest absolute Gasteiger partial charge is 0.241 e. The Morgan fingerprint density at radius 3 is 2.30 bits per heavy atom. The highest BCUT2D eigenvalue weighted by molar-refractivity contribution is 7.89. The van der Waals surface area contributed by atoms with E-state index in [1.54, 1.807) is 36.4 Å². The fourth-order valence-corrected chi connectivity index (χ4v) is 3.45. The molecule has 2 N–H and O–H groups in total. The first-order valence-electron chi connectivity index (χ1n) is 7.37. The molecule has 0 heterocycles. The van der Waals surface area contributed by atoms with E-state index >= 15 is 0 Å². The molecule has 0 amide bonds. The number of aliphatic hydroxyl groups excluding tert-OH is 1. The minimum absolute atomic E-state index is 0.198. The van der Waals surface area contributed by atoms with E-state index in [-0.39, 0.29) is 11.3 Å². The lowest BCUT2D eigenvalue weighted by molar-refractivity contribution is 0.161. The molecule has 0 aromatic heterocycles. The number of aryl methyl sites for hydroxylation is 1. The quantitative estimate of drug-likeness (QED) is 0.767. The molecule has 0 fully saturated rings. The van der Waals surface area contributed by atoms with Crippen molar-refractivity contribution >= 4 is 10.0 Å². The van der Waals surface area contributed by atoms with Crippen molar-refractivity contribution in [2.75, 3.05) is 0 Å². The van der Waals surface area contributed by atoms with E-state index in [0.717, 1.165) is 11.1 Å². The molecule has 0 aliphatic rings. The first kappa shape index (κ1) is 17.4. The van der Waals surface area contributed by atoms with Crippen LogP contribution < -0.4 is 4.72 Å². The highest BCUT2D eigenvalue weighted by Crippen LogP contribution is 2.19. The molecule has 0 saturated heterocycles. The summed E-state index contributed by atoms with van der Waals surface area (Å²) >= 11 is 0. The van der Waals surface area contributed by atoms with Gasteiger partial charge in [0, 0.05) is 6.04 Å². The second-order valence-electron chi connectivity index (χ2n) is 5.44. The number of nitrogens with one attached hydrogen (secondary N) is 1. The van der Waals surface area contributed by atoms with Crippen LogP contribution in [0.15, 0.2) is 72.1 Å². The number of benzene rings is 2. The van der Waals surface area contributed by atoms with Crippen LogP contribution in [0.2, 0.25) is 0 Å². The Kier molecular flexibility index (Phi) is 5.71. The first-order valence-corrected chi connectivity index (χ1v) is 8.85. The molecule has 0 aliphatic carbocycles. The lowest BCUT2D eigenvalue weighted by atomic mass is 10.0. The Hall–Kier alpha value is -1.95. The number of aliphatic hydroxyl groups is 1. The third-order valence-corrected chi connectivity index (χ3v) is 5.09. The maximum atomic E-state index is 12.4. The largest absolute Gasteiger partial charge is 0.388 e. The summed E-state index contributed by atoms with van der Waals surface area (Å²) in [6, 6.07) is 15.2. The van der Waals surface area contributed by atoms with E-state index in [4.69, 9.17) is 0 Å². The van der Waals surface area contributed by atoms with Gasteiger partial charge in [0.2, 0.25) is 10.0 Å². The van der Waals surface area contributed by atoms with E-state index in [9.17, 15) is 13.5 Å². The van der Waals surface area contributed by atoms with Crippen LogP contribution in [0.5, 0.6) is 0 Å². The zero-order chi connectivity index (χ0) is 16.9. The summed E-state index contributed by atoms with van der Waals surface area (Å²) in [7, 11) is -3.65. The SMILES string of the molecule is C=C[C@H](C[C@@H](O)c1ccccc1)NS(=O)(=O)c1ccc(C)cc1. The molecule has 2 aromatic carbocycles. The number of sulfonamides is 1. The summed E-state index contributed by atoms with van der Waals surface area (Å²) in [5.41, 5.74) is 1.73. The zero-order valence-electron chi connectivity index (χ0n) is 13.0. The van der Waals surface area contributed by atoms with Crippen LogP contribution in [-0.4, -0.2) is 19.6 Å². The van der Waals surface area contributed by atoms with Crippen LogP contribution in [0, 0.1) is 6.92 Å². The summed E-state index contributed by atoms with van der Waals surface area (Å²) in [4.78, 5) is 0.198. The van der Waals surface area contributed by atoms with Crippen molar-refractivity contribution in [3.05, 3.63) is 78.4 Å². The normalized spacial score (nSPS) is 14.2. The highest BCUT2D eigenvalue weighted by atomic mass is 32.2. The Labute approximate surface area is 137 Å². The zero-order valence-corrected chi connectivity index (χ0v) is 13.8. The van der Waals surface area contributed by atoms with Crippen LogP contribution >= 0.6 is 0 Å². The van der Waals surface area contributed by atoms with Gasteiger partial charge in [0.05, 0.1) is 11.0 Å². The van der Waals surface area contributed by atoms with Crippen LogP contribution in [0.1, 0.15) is 23.7 Å². The van der Waals surface area contributed by atoms with Gasteiger partial charge in [-0.3, -0.25) is 0 Å². The second-order valence-corrected chi connectivity index (χ2v) is 7.15. The lowest BCUT2D eigenvalue weighted by Crippen LogP contribution is -2.34. The fourth-order valence-electron chi connectivity index (χ4n) is 2.23. The van der Waals surface area contributed by atoms with E-state index in [1.165, 1.54) is 6.08 Å².